The maximum Gasteiger partial charge on any atom is 0.488 e. The van der Waals surface area contributed by atoms with Crippen LogP contribution >= 0.6 is 0 Å². The zero-order chi connectivity index (χ0) is 13.1. The van der Waals surface area contributed by atoms with Crippen molar-refractivity contribution in [2.75, 3.05) is 12.8 Å². The summed E-state index contributed by atoms with van der Waals surface area (Å²) in [6.45, 7) is 2.35. The highest BCUT2D eigenvalue weighted by atomic mass is 32.2. The van der Waals surface area contributed by atoms with Gasteiger partial charge in [-0.05, 0) is 17.6 Å². The number of benzene rings is 1. The van der Waals surface area contributed by atoms with Crippen molar-refractivity contribution in [3.05, 3.63) is 29.8 Å². The molecular formula is C10H16BNO4S. The summed E-state index contributed by atoms with van der Waals surface area (Å²) in [4.78, 5) is 0. The maximum atomic E-state index is 11.6. The fraction of sp³-hybridized carbons (Fsp3) is 0.400. The molecule has 0 saturated carbocycles. The van der Waals surface area contributed by atoms with Gasteiger partial charge in [0, 0.05) is 6.26 Å². The lowest BCUT2D eigenvalue weighted by atomic mass is 9.80. The van der Waals surface area contributed by atoms with Crippen LogP contribution < -0.4 is 10.8 Å². The van der Waals surface area contributed by atoms with E-state index in [0.717, 1.165) is 6.26 Å². The molecule has 0 fully saturated rings. The predicted molar refractivity (Wildman–Crippen MR) is 67.5 cm³/mol. The molecule has 1 aromatic rings. The van der Waals surface area contributed by atoms with Crippen LogP contribution in [0.5, 0.6) is 0 Å². The Balaban J connectivity index is 3.04. The molecule has 17 heavy (non-hydrogen) atoms. The van der Waals surface area contributed by atoms with Crippen LogP contribution in [0.1, 0.15) is 17.9 Å². The first-order valence-electron chi connectivity index (χ1n) is 5.24. The van der Waals surface area contributed by atoms with E-state index in [1.807, 2.05) is 6.92 Å². The SMILES string of the molecule is CCNC(c1ccc(B(O)O)cc1)S(C)(=O)=O. The Morgan fingerprint density at radius 1 is 1.29 bits per heavy atom. The van der Waals surface area contributed by atoms with E-state index in [2.05, 4.69) is 5.32 Å². The molecule has 0 saturated heterocycles. The topological polar surface area (TPSA) is 86.6 Å². The van der Waals surface area contributed by atoms with Crippen molar-refractivity contribution >= 4 is 22.4 Å². The van der Waals surface area contributed by atoms with Gasteiger partial charge in [-0.3, -0.25) is 5.32 Å². The van der Waals surface area contributed by atoms with Crippen LogP contribution in [-0.2, 0) is 9.84 Å². The first kappa shape index (κ1) is 14.2. The minimum Gasteiger partial charge on any atom is -0.423 e. The molecule has 1 unspecified atom stereocenters. The van der Waals surface area contributed by atoms with Gasteiger partial charge in [0.1, 0.15) is 5.37 Å². The first-order chi connectivity index (χ1) is 7.86. The second kappa shape index (κ2) is 5.64. The van der Waals surface area contributed by atoms with Crippen molar-refractivity contribution < 1.29 is 18.5 Å². The molecule has 94 valence electrons. The lowest BCUT2D eigenvalue weighted by molar-refractivity contribution is 0.426. The molecule has 0 aliphatic carbocycles. The quantitative estimate of drug-likeness (QED) is 0.590. The van der Waals surface area contributed by atoms with Gasteiger partial charge < -0.3 is 10.0 Å². The molecule has 1 aromatic carbocycles. The van der Waals surface area contributed by atoms with E-state index in [1.165, 1.54) is 12.1 Å². The summed E-state index contributed by atoms with van der Waals surface area (Å²) in [5.41, 5.74) is 0.913. The lowest BCUT2D eigenvalue weighted by Gasteiger charge is -2.16. The Hall–Kier alpha value is -0.885. The summed E-state index contributed by atoms with van der Waals surface area (Å²) in [6, 6.07) is 6.14. The standard InChI is InChI=1S/C10H16BNO4S/c1-3-12-10(17(2,15)16)8-4-6-9(7-5-8)11(13)14/h4-7,10,12-14H,3H2,1-2H3. The van der Waals surface area contributed by atoms with Crippen LogP contribution in [0.4, 0.5) is 0 Å². The predicted octanol–water partition coefficient (Wildman–Crippen LogP) is -0.981. The maximum absolute atomic E-state index is 11.6. The van der Waals surface area contributed by atoms with Gasteiger partial charge in [-0.25, -0.2) is 8.42 Å². The molecule has 1 atom stereocenters. The van der Waals surface area contributed by atoms with Crippen molar-refractivity contribution in [2.45, 2.75) is 12.3 Å². The highest BCUT2D eigenvalue weighted by Crippen LogP contribution is 2.17. The summed E-state index contributed by atoms with van der Waals surface area (Å²) in [5, 5.41) is 20.0. The molecule has 3 N–H and O–H groups in total. The number of hydrogen-bond donors (Lipinski definition) is 3. The van der Waals surface area contributed by atoms with E-state index in [4.69, 9.17) is 10.0 Å². The highest BCUT2D eigenvalue weighted by molar-refractivity contribution is 7.90. The second-order valence-corrected chi connectivity index (χ2v) is 5.94. The second-order valence-electron chi connectivity index (χ2n) is 3.81. The summed E-state index contributed by atoms with van der Waals surface area (Å²) in [5.74, 6) is 0. The van der Waals surface area contributed by atoms with E-state index >= 15 is 0 Å². The molecule has 0 amide bonds. The van der Waals surface area contributed by atoms with E-state index in [9.17, 15) is 8.42 Å². The Kier molecular flexibility index (Phi) is 4.70. The summed E-state index contributed by atoms with van der Waals surface area (Å²) in [6.07, 6.45) is 1.16. The van der Waals surface area contributed by atoms with Crippen molar-refractivity contribution in [3.63, 3.8) is 0 Å². The van der Waals surface area contributed by atoms with Crippen molar-refractivity contribution in [1.29, 1.82) is 0 Å². The van der Waals surface area contributed by atoms with Crippen LogP contribution in [0.2, 0.25) is 0 Å². The largest absolute Gasteiger partial charge is 0.488 e. The fourth-order valence-electron chi connectivity index (χ4n) is 1.54. The average molecular weight is 257 g/mol. The first-order valence-corrected chi connectivity index (χ1v) is 7.20. The summed E-state index contributed by atoms with van der Waals surface area (Å²) >= 11 is 0. The van der Waals surface area contributed by atoms with Crippen LogP contribution in [0, 0.1) is 0 Å². The summed E-state index contributed by atoms with van der Waals surface area (Å²) in [7, 11) is -4.79. The fourth-order valence-corrected chi connectivity index (χ4v) is 2.67. The van der Waals surface area contributed by atoms with Gasteiger partial charge in [0.05, 0.1) is 0 Å². The van der Waals surface area contributed by atoms with Crippen LogP contribution in [0.25, 0.3) is 0 Å². The van der Waals surface area contributed by atoms with Gasteiger partial charge in [0.2, 0.25) is 0 Å². The third-order valence-electron chi connectivity index (χ3n) is 2.36. The van der Waals surface area contributed by atoms with E-state index in [1.54, 1.807) is 12.1 Å². The van der Waals surface area contributed by atoms with E-state index in [-0.39, 0.29) is 0 Å². The van der Waals surface area contributed by atoms with Gasteiger partial charge in [-0.15, -0.1) is 0 Å². The zero-order valence-electron chi connectivity index (χ0n) is 9.79. The molecule has 0 bridgehead atoms. The molecule has 0 aromatic heterocycles. The molecule has 5 nitrogen and oxygen atoms in total. The monoisotopic (exact) mass is 257 g/mol. The minimum absolute atomic E-state index is 0.331. The number of hydrogen-bond acceptors (Lipinski definition) is 5. The average Bonchev–Trinajstić information content (AvgIpc) is 2.24. The third-order valence-corrected chi connectivity index (χ3v) is 3.65. The molecule has 1 rings (SSSR count). The normalized spacial score (nSPS) is 13.4. The molecule has 0 aliphatic rings. The Bertz CT molecular complexity index is 458. The number of sulfone groups is 1. The van der Waals surface area contributed by atoms with E-state index in [0.29, 0.717) is 17.6 Å². The number of rotatable bonds is 5. The minimum atomic E-state index is -3.25. The molecule has 0 heterocycles. The Morgan fingerprint density at radius 2 is 1.82 bits per heavy atom. The molecule has 0 aliphatic heterocycles. The molecule has 0 radical (unpaired) electrons. The van der Waals surface area contributed by atoms with Crippen molar-refractivity contribution in [3.8, 4) is 0 Å². The zero-order valence-corrected chi connectivity index (χ0v) is 10.6. The van der Waals surface area contributed by atoms with Crippen LogP contribution in [0.15, 0.2) is 24.3 Å². The van der Waals surface area contributed by atoms with Crippen LogP contribution in [0.3, 0.4) is 0 Å². The van der Waals surface area contributed by atoms with Gasteiger partial charge in [-0.2, -0.15) is 0 Å². The highest BCUT2D eigenvalue weighted by Gasteiger charge is 2.22. The van der Waals surface area contributed by atoms with Gasteiger partial charge in [0.25, 0.3) is 0 Å². The van der Waals surface area contributed by atoms with Gasteiger partial charge >= 0.3 is 7.12 Å². The van der Waals surface area contributed by atoms with Crippen molar-refractivity contribution in [1.82, 2.24) is 5.32 Å². The Labute approximate surface area is 102 Å². The summed E-state index contributed by atoms with van der Waals surface area (Å²) < 4.78 is 23.2. The van der Waals surface area contributed by atoms with Gasteiger partial charge in [-0.1, -0.05) is 31.2 Å². The third kappa shape index (κ3) is 3.81. The molecular weight excluding hydrogens is 241 g/mol. The van der Waals surface area contributed by atoms with Crippen molar-refractivity contribution in [2.24, 2.45) is 0 Å². The molecule has 0 spiro atoms. The Morgan fingerprint density at radius 3 is 2.18 bits per heavy atom. The molecule has 7 heteroatoms. The lowest BCUT2D eigenvalue weighted by Crippen LogP contribution is -2.31. The van der Waals surface area contributed by atoms with E-state index < -0.39 is 22.3 Å². The van der Waals surface area contributed by atoms with Crippen LogP contribution in [-0.4, -0.2) is 38.4 Å². The van der Waals surface area contributed by atoms with Gasteiger partial charge in [0.15, 0.2) is 9.84 Å². The smallest absolute Gasteiger partial charge is 0.423 e. The number of nitrogens with one attached hydrogen (secondary N) is 1.